The first kappa shape index (κ1) is 28.3. The first-order valence-corrected chi connectivity index (χ1v) is 14.4. The number of benzene rings is 2. The zero-order chi connectivity index (χ0) is 27.4. The molecule has 0 bridgehead atoms. The minimum atomic E-state index is -3.30. The van der Waals surface area contributed by atoms with Crippen LogP contribution in [0.4, 0.5) is 15.9 Å². The van der Waals surface area contributed by atoms with E-state index in [1.54, 1.807) is 42.6 Å². The van der Waals surface area contributed by atoms with E-state index in [0.29, 0.717) is 66.1 Å². The molecule has 1 fully saturated rings. The third-order valence-electron chi connectivity index (χ3n) is 6.54. The van der Waals surface area contributed by atoms with Gasteiger partial charge >= 0.3 is 0 Å². The maximum absolute atomic E-state index is 14.7. The van der Waals surface area contributed by atoms with E-state index in [1.165, 1.54) is 6.33 Å². The zero-order valence-electron chi connectivity index (χ0n) is 22.0. The summed E-state index contributed by atoms with van der Waals surface area (Å²) in [6.07, 6.45) is 2.89. The van der Waals surface area contributed by atoms with Gasteiger partial charge in [0, 0.05) is 24.5 Å². The van der Waals surface area contributed by atoms with Crippen molar-refractivity contribution >= 4 is 44.0 Å². The smallest absolute Gasteiger partial charge is 0.214 e. The molecule has 12 heteroatoms. The van der Waals surface area contributed by atoms with Crippen LogP contribution in [-0.4, -0.2) is 80.3 Å². The first-order valence-electron chi connectivity index (χ1n) is 12.4. The van der Waals surface area contributed by atoms with Crippen LogP contribution < -0.4 is 14.8 Å². The predicted molar refractivity (Wildman–Crippen MR) is 148 cm³/mol. The summed E-state index contributed by atoms with van der Waals surface area (Å²) in [6, 6.07) is 6.83. The van der Waals surface area contributed by atoms with E-state index >= 15 is 0 Å². The summed E-state index contributed by atoms with van der Waals surface area (Å²) in [6.45, 7) is 3.25. The topological polar surface area (TPSA) is 96.9 Å². The Morgan fingerprint density at radius 1 is 1.18 bits per heavy atom. The maximum atomic E-state index is 14.7. The van der Waals surface area contributed by atoms with Crippen molar-refractivity contribution < 1.29 is 22.3 Å². The number of sulfonamides is 1. The molecule has 4 rings (SSSR count). The molecule has 0 unspecified atom stereocenters. The van der Waals surface area contributed by atoms with Crippen LogP contribution in [-0.2, 0) is 10.0 Å². The molecule has 1 aliphatic rings. The van der Waals surface area contributed by atoms with Crippen molar-refractivity contribution in [1.29, 1.82) is 0 Å². The van der Waals surface area contributed by atoms with Gasteiger partial charge in [-0.05, 0) is 64.5 Å². The van der Waals surface area contributed by atoms with Crippen LogP contribution in [0.3, 0.4) is 0 Å². The summed E-state index contributed by atoms with van der Waals surface area (Å²) < 4.78 is 53.6. The van der Waals surface area contributed by atoms with Gasteiger partial charge in [-0.2, -0.15) is 0 Å². The van der Waals surface area contributed by atoms with Gasteiger partial charge in [-0.25, -0.2) is 27.1 Å². The number of methoxy groups -OCH3 is 1. The summed E-state index contributed by atoms with van der Waals surface area (Å²) in [5.41, 5.74) is 1.41. The van der Waals surface area contributed by atoms with Crippen LogP contribution in [0.15, 0.2) is 30.6 Å². The van der Waals surface area contributed by atoms with Gasteiger partial charge in [0.1, 0.15) is 18.2 Å². The highest BCUT2D eigenvalue weighted by atomic mass is 35.5. The van der Waals surface area contributed by atoms with Gasteiger partial charge < -0.3 is 19.7 Å². The molecular weight excluding hydrogens is 533 g/mol. The number of halogens is 2. The molecule has 0 saturated carbocycles. The van der Waals surface area contributed by atoms with Gasteiger partial charge in [0.05, 0.1) is 29.1 Å². The number of nitrogens with one attached hydrogen (secondary N) is 1. The van der Waals surface area contributed by atoms with Crippen molar-refractivity contribution in [3.63, 3.8) is 0 Å². The Kier molecular flexibility index (Phi) is 8.92. The van der Waals surface area contributed by atoms with Gasteiger partial charge in [-0.3, -0.25) is 0 Å². The molecule has 9 nitrogen and oxygen atoms in total. The number of aryl methyl sites for hydroxylation is 1. The fourth-order valence-corrected chi connectivity index (χ4v) is 6.07. The van der Waals surface area contributed by atoms with Crippen molar-refractivity contribution in [2.75, 3.05) is 51.9 Å². The molecule has 0 atom stereocenters. The minimum absolute atomic E-state index is 0.0464. The Morgan fingerprint density at radius 3 is 2.61 bits per heavy atom. The van der Waals surface area contributed by atoms with E-state index in [4.69, 9.17) is 21.1 Å². The van der Waals surface area contributed by atoms with Crippen molar-refractivity contribution in [1.82, 2.24) is 19.2 Å². The lowest BCUT2D eigenvalue weighted by molar-refractivity contribution is 0.131. The summed E-state index contributed by atoms with van der Waals surface area (Å²) in [5, 5.41) is 3.67. The van der Waals surface area contributed by atoms with Crippen molar-refractivity contribution in [2.24, 2.45) is 0 Å². The maximum Gasteiger partial charge on any atom is 0.214 e. The number of hydrogen-bond donors (Lipinski definition) is 1. The fourth-order valence-electron chi connectivity index (χ4n) is 4.39. The van der Waals surface area contributed by atoms with Gasteiger partial charge in [-0.15, -0.1) is 0 Å². The average molecular weight is 566 g/mol. The lowest BCUT2D eigenvalue weighted by Gasteiger charge is -2.32. The largest absolute Gasteiger partial charge is 0.493 e. The molecule has 1 N–H and O–H groups in total. The Balaban J connectivity index is 1.51. The van der Waals surface area contributed by atoms with E-state index in [-0.39, 0.29) is 22.6 Å². The fraction of sp³-hybridized carbons (Fsp3) is 0.462. The van der Waals surface area contributed by atoms with Crippen LogP contribution in [0.25, 0.3) is 10.9 Å². The highest BCUT2D eigenvalue weighted by Gasteiger charge is 2.29. The molecule has 3 aromatic rings. The van der Waals surface area contributed by atoms with Gasteiger partial charge in [0.15, 0.2) is 17.3 Å². The quantitative estimate of drug-likeness (QED) is 0.381. The number of aromatic nitrogens is 2. The molecule has 206 valence electrons. The van der Waals surface area contributed by atoms with Crippen LogP contribution in [0.2, 0.25) is 5.02 Å². The third-order valence-corrected chi connectivity index (χ3v) is 8.97. The number of rotatable bonds is 10. The highest BCUT2D eigenvalue weighted by Crippen LogP contribution is 2.37. The molecule has 1 aliphatic heterocycles. The van der Waals surface area contributed by atoms with Crippen molar-refractivity contribution in [3.8, 4) is 11.5 Å². The average Bonchev–Trinajstić information content (AvgIpc) is 2.89. The molecule has 0 amide bonds. The standard InChI is InChI=1S/C26H33ClFN5O4S/c1-17-6-7-20(25(28)24(17)27)31-26-19-14-23(22(36-4)15-21(19)29-16-30-26)37-18-8-11-33(12-9-18)38(34,35)13-5-10-32(2)3/h6-7,14-16,18H,5,8-13H2,1-4H3,(H,29,30,31). The predicted octanol–water partition coefficient (Wildman–Crippen LogP) is 4.61. The number of anilines is 2. The van der Waals surface area contributed by atoms with E-state index in [0.717, 1.165) is 6.54 Å². The molecule has 0 radical (unpaired) electrons. The molecule has 0 aliphatic carbocycles. The zero-order valence-corrected chi connectivity index (χ0v) is 23.6. The normalized spacial score (nSPS) is 15.2. The second-order valence-corrected chi connectivity index (χ2v) is 12.1. The second-order valence-electron chi connectivity index (χ2n) is 9.61. The van der Waals surface area contributed by atoms with Gasteiger partial charge in [-0.1, -0.05) is 17.7 Å². The lowest BCUT2D eigenvalue weighted by atomic mass is 10.1. The Labute approximate surface area is 228 Å². The highest BCUT2D eigenvalue weighted by molar-refractivity contribution is 7.89. The molecular formula is C26H33ClFN5O4S. The molecule has 1 saturated heterocycles. The first-order chi connectivity index (χ1) is 18.1. The van der Waals surface area contributed by atoms with E-state index in [2.05, 4.69) is 15.3 Å². The monoisotopic (exact) mass is 565 g/mol. The number of piperidine rings is 1. The van der Waals surface area contributed by atoms with Crippen molar-refractivity contribution in [2.45, 2.75) is 32.3 Å². The van der Waals surface area contributed by atoms with Crippen LogP contribution in [0.5, 0.6) is 11.5 Å². The Bertz CT molecular complexity index is 1400. The Hall–Kier alpha value is -2.73. The number of ether oxygens (including phenoxy) is 2. The number of hydrogen-bond acceptors (Lipinski definition) is 8. The SMILES string of the molecule is COc1cc2ncnc(Nc3ccc(C)c(Cl)c3F)c2cc1OC1CCN(S(=O)(=O)CCCN(C)C)CC1. The van der Waals surface area contributed by atoms with Gasteiger partial charge in [0.25, 0.3) is 0 Å². The minimum Gasteiger partial charge on any atom is -0.493 e. The summed E-state index contributed by atoms with van der Waals surface area (Å²) in [5.74, 6) is 0.933. The molecule has 2 aromatic carbocycles. The molecule has 1 aromatic heterocycles. The van der Waals surface area contributed by atoms with Gasteiger partial charge in [0.2, 0.25) is 10.0 Å². The second kappa shape index (κ2) is 12.0. The number of nitrogens with zero attached hydrogens (tertiary/aromatic N) is 4. The molecule has 0 spiro atoms. The molecule has 38 heavy (non-hydrogen) atoms. The van der Waals surface area contributed by atoms with E-state index in [9.17, 15) is 12.8 Å². The van der Waals surface area contributed by atoms with Crippen LogP contribution >= 0.6 is 11.6 Å². The summed E-state index contributed by atoms with van der Waals surface area (Å²) in [7, 11) is 2.10. The summed E-state index contributed by atoms with van der Waals surface area (Å²) in [4.78, 5) is 10.6. The lowest BCUT2D eigenvalue weighted by Crippen LogP contribution is -2.43. The van der Waals surface area contributed by atoms with E-state index < -0.39 is 15.8 Å². The van der Waals surface area contributed by atoms with Crippen molar-refractivity contribution in [3.05, 3.63) is 47.0 Å². The summed E-state index contributed by atoms with van der Waals surface area (Å²) >= 11 is 6.09. The van der Waals surface area contributed by atoms with Crippen LogP contribution in [0, 0.1) is 12.7 Å². The Morgan fingerprint density at radius 2 is 1.92 bits per heavy atom. The van der Waals surface area contributed by atoms with E-state index in [1.807, 2.05) is 19.0 Å². The molecule has 2 heterocycles. The number of fused-ring (bicyclic) bond motifs is 1. The third kappa shape index (κ3) is 6.45. The van der Waals surface area contributed by atoms with Crippen LogP contribution in [0.1, 0.15) is 24.8 Å².